The van der Waals surface area contributed by atoms with E-state index in [2.05, 4.69) is 0 Å². The normalized spacial score (nSPS) is 24.8. The Bertz CT molecular complexity index is 658. The molecular formula is C18H22O7S. The number of benzene rings is 1. The fraction of sp³-hybridized carbons (Fsp3) is 0.500. The van der Waals surface area contributed by atoms with Gasteiger partial charge in [-0.3, -0.25) is 14.4 Å². The number of carbonyl (C=O) groups is 3. The van der Waals surface area contributed by atoms with Gasteiger partial charge in [0.05, 0.1) is 0 Å². The molecule has 4 atom stereocenters. The summed E-state index contributed by atoms with van der Waals surface area (Å²) in [4.78, 5) is 35.0. The van der Waals surface area contributed by atoms with Gasteiger partial charge in [0.2, 0.25) is 0 Å². The fourth-order valence-electron chi connectivity index (χ4n) is 2.52. The number of hydrogen-bond donors (Lipinski definition) is 0. The lowest BCUT2D eigenvalue weighted by molar-refractivity contribution is -0.165. The van der Waals surface area contributed by atoms with E-state index in [1.807, 2.05) is 31.2 Å². The smallest absolute Gasteiger partial charge is 0.303 e. The lowest BCUT2D eigenvalue weighted by Gasteiger charge is -2.23. The molecule has 0 aromatic heterocycles. The highest BCUT2D eigenvalue weighted by molar-refractivity contribution is 7.99. The molecule has 0 bridgehead atoms. The zero-order valence-electron chi connectivity index (χ0n) is 15.1. The number of aryl methyl sites for hydroxylation is 1. The second-order valence-corrected chi connectivity index (χ2v) is 7.10. The number of hydrogen-bond acceptors (Lipinski definition) is 8. The first-order chi connectivity index (χ1) is 12.3. The quantitative estimate of drug-likeness (QED) is 0.547. The standard InChI is InChI=1S/C18H22O7S/c1-10-5-7-14(8-6-10)26-18-17(24-13(4)21)16(23-12(3)20)15(25-18)9-22-11(2)19/h5-8,15-18H,9H2,1-4H3/t15-,16?,17?,18-/m0/s1. The zero-order chi connectivity index (χ0) is 19.3. The van der Waals surface area contributed by atoms with E-state index < -0.39 is 41.7 Å². The van der Waals surface area contributed by atoms with Gasteiger partial charge in [-0.05, 0) is 19.1 Å². The summed E-state index contributed by atoms with van der Waals surface area (Å²) in [5, 5.41) is 0. The van der Waals surface area contributed by atoms with Crippen molar-refractivity contribution in [3.63, 3.8) is 0 Å². The van der Waals surface area contributed by atoms with Crippen molar-refractivity contribution < 1.29 is 33.3 Å². The van der Waals surface area contributed by atoms with Crippen molar-refractivity contribution in [1.82, 2.24) is 0 Å². The Morgan fingerprint density at radius 2 is 1.54 bits per heavy atom. The van der Waals surface area contributed by atoms with Crippen LogP contribution >= 0.6 is 11.8 Å². The fourth-order valence-corrected chi connectivity index (χ4v) is 3.63. The summed E-state index contributed by atoms with van der Waals surface area (Å²) in [5.74, 6) is -1.53. The van der Waals surface area contributed by atoms with Crippen LogP contribution in [0.2, 0.25) is 0 Å². The van der Waals surface area contributed by atoms with Gasteiger partial charge in [0.15, 0.2) is 12.2 Å². The first-order valence-electron chi connectivity index (χ1n) is 8.13. The average molecular weight is 382 g/mol. The Kier molecular flexibility index (Phi) is 7.05. The van der Waals surface area contributed by atoms with Gasteiger partial charge >= 0.3 is 17.9 Å². The van der Waals surface area contributed by atoms with E-state index in [1.165, 1.54) is 32.5 Å². The minimum Gasteiger partial charge on any atom is -0.463 e. The van der Waals surface area contributed by atoms with E-state index in [4.69, 9.17) is 18.9 Å². The van der Waals surface area contributed by atoms with Gasteiger partial charge in [-0.1, -0.05) is 29.5 Å². The van der Waals surface area contributed by atoms with Crippen molar-refractivity contribution in [3.05, 3.63) is 29.8 Å². The summed E-state index contributed by atoms with van der Waals surface area (Å²) in [7, 11) is 0. The van der Waals surface area contributed by atoms with E-state index in [0.29, 0.717) is 0 Å². The van der Waals surface area contributed by atoms with Crippen LogP contribution < -0.4 is 0 Å². The second kappa shape index (κ2) is 9.05. The molecule has 1 saturated heterocycles. The lowest BCUT2D eigenvalue weighted by atomic mass is 10.1. The minimum atomic E-state index is -0.862. The van der Waals surface area contributed by atoms with Crippen LogP contribution in [-0.4, -0.2) is 48.3 Å². The van der Waals surface area contributed by atoms with Crippen molar-refractivity contribution >= 4 is 29.7 Å². The van der Waals surface area contributed by atoms with Crippen molar-refractivity contribution in [2.24, 2.45) is 0 Å². The number of thioether (sulfide) groups is 1. The summed E-state index contributed by atoms with van der Waals surface area (Å²) in [6.45, 7) is 5.69. The van der Waals surface area contributed by atoms with Crippen LogP contribution in [-0.2, 0) is 33.3 Å². The Morgan fingerprint density at radius 1 is 0.962 bits per heavy atom. The molecule has 1 aliphatic heterocycles. The molecule has 2 unspecified atom stereocenters. The molecule has 1 fully saturated rings. The van der Waals surface area contributed by atoms with E-state index in [1.54, 1.807) is 0 Å². The number of esters is 3. The van der Waals surface area contributed by atoms with Crippen LogP contribution in [0.1, 0.15) is 26.3 Å². The molecule has 7 nitrogen and oxygen atoms in total. The van der Waals surface area contributed by atoms with Crippen LogP contribution in [0.5, 0.6) is 0 Å². The van der Waals surface area contributed by atoms with Crippen LogP contribution in [0.3, 0.4) is 0 Å². The molecule has 8 heteroatoms. The van der Waals surface area contributed by atoms with Gasteiger partial charge in [-0.15, -0.1) is 0 Å². The van der Waals surface area contributed by atoms with Crippen molar-refractivity contribution in [2.45, 2.75) is 56.3 Å². The lowest BCUT2D eigenvalue weighted by Crippen LogP contribution is -2.40. The largest absolute Gasteiger partial charge is 0.463 e. The Balaban J connectivity index is 2.22. The summed E-state index contributed by atoms with van der Waals surface area (Å²) in [6, 6.07) is 7.76. The maximum Gasteiger partial charge on any atom is 0.303 e. The molecule has 1 aromatic rings. The van der Waals surface area contributed by atoms with Gasteiger partial charge < -0.3 is 18.9 Å². The minimum absolute atomic E-state index is 0.101. The zero-order valence-corrected chi connectivity index (χ0v) is 15.9. The molecule has 1 aliphatic rings. The number of rotatable bonds is 6. The summed E-state index contributed by atoms with van der Waals surface area (Å²) >= 11 is 1.35. The molecule has 0 aliphatic carbocycles. The van der Waals surface area contributed by atoms with E-state index in [9.17, 15) is 14.4 Å². The Hall–Kier alpha value is -2.06. The van der Waals surface area contributed by atoms with Crippen molar-refractivity contribution in [3.8, 4) is 0 Å². The summed E-state index contributed by atoms with van der Waals surface area (Å²) in [6.07, 6.45) is -2.41. The maximum absolute atomic E-state index is 11.5. The molecule has 0 N–H and O–H groups in total. The average Bonchev–Trinajstić information content (AvgIpc) is 2.84. The molecular weight excluding hydrogens is 360 g/mol. The van der Waals surface area contributed by atoms with E-state index in [-0.39, 0.29) is 6.61 Å². The predicted octanol–water partition coefficient (Wildman–Crippen LogP) is 2.24. The monoisotopic (exact) mass is 382 g/mol. The SMILES string of the molecule is CC(=O)OC[C@@H]1O[C@@H](Sc2ccc(C)cc2)C(OC(C)=O)C1OC(C)=O. The van der Waals surface area contributed by atoms with Crippen LogP contribution in [0.4, 0.5) is 0 Å². The topological polar surface area (TPSA) is 88.1 Å². The highest BCUT2D eigenvalue weighted by atomic mass is 32.2. The van der Waals surface area contributed by atoms with E-state index in [0.717, 1.165) is 10.5 Å². The first-order valence-corrected chi connectivity index (χ1v) is 9.01. The molecule has 0 saturated carbocycles. The molecule has 142 valence electrons. The summed E-state index contributed by atoms with van der Waals surface area (Å²) < 4.78 is 21.6. The van der Waals surface area contributed by atoms with Gasteiger partial charge in [0.25, 0.3) is 0 Å². The molecule has 0 spiro atoms. The number of carbonyl (C=O) groups excluding carboxylic acids is 3. The highest BCUT2D eigenvalue weighted by Crippen LogP contribution is 2.37. The van der Waals surface area contributed by atoms with Crippen LogP contribution in [0, 0.1) is 6.92 Å². The molecule has 0 radical (unpaired) electrons. The van der Waals surface area contributed by atoms with Crippen LogP contribution in [0.15, 0.2) is 29.2 Å². The Morgan fingerprint density at radius 3 is 2.08 bits per heavy atom. The predicted molar refractivity (Wildman–Crippen MR) is 93.4 cm³/mol. The van der Waals surface area contributed by atoms with Gasteiger partial charge in [-0.2, -0.15) is 0 Å². The van der Waals surface area contributed by atoms with Crippen molar-refractivity contribution in [2.75, 3.05) is 6.61 Å². The molecule has 0 amide bonds. The third-order valence-electron chi connectivity index (χ3n) is 3.60. The van der Waals surface area contributed by atoms with Gasteiger partial charge in [0, 0.05) is 25.7 Å². The third-order valence-corrected chi connectivity index (χ3v) is 4.75. The molecule has 1 aromatic carbocycles. The van der Waals surface area contributed by atoms with E-state index >= 15 is 0 Å². The van der Waals surface area contributed by atoms with Crippen LogP contribution in [0.25, 0.3) is 0 Å². The second-order valence-electron chi connectivity index (χ2n) is 5.92. The maximum atomic E-state index is 11.5. The number of ether oxygens (including phenoxy) is 4. The Labute approximate surface area is 156 Å². The highest BCUT2D eigenvalue weighted by Gasteiger charge is 2.50. The van der Waals surface area contributed by atoms with Gasteiger partial charge in [0.1, 0.15) is 18.1 Å². The third kappa shape index (κ3) is 5.74. The molecule has 1 heterocycles. The first kappa shape index (κ1) is 20.3. The molecule has 26 heavy (non-hydrogen) atoms. The van der Waals surface area contributed by atoms with Gasteiger partial charge in [-0.25, -0.2) is 0 Å². The molecule has 2 rings (SSSR count). The van der Waals surface area contributed by atoms with Crippen molar-refractivity contribution in [1.29, 1.82) is 0 Å². The summed E-state index contributed by atoms with van der Waals surface area (Å²) in [5.41, 5.74) is 0.510.